The highest BCUT2D eigenvalue weighted by Gasteiger charge is 2.21. The summed E-state index contributed by atoms with van der Waals surface area (Å²) in [5, 5.41) is 0. The molecule has 0 aromatic rings. The largest absolute Gasteiger partial charge is 0.384 e. The van der Waals surface area contributed by atoms with E-state index in [-0.39, 0.29) is 11.8 Å². The van der Waals surface area contributed by atoms with Crippen molar-refractivity contribution in [2.24, 2.45) is 0 Å². The van der Waals surface area contributed by atoms with Crippen molar-refractivity contribution in [2.75, 3.05) is 39.9 Å². The lowest BCUT2D eigenvalue weighted by atomic mass is 10.2. The third kappa shape index (κ3) is 5.59. The first-order chi connectivity index (χ1) is 9.19. The molecule has 1 saturated heterocycles. The second-order valence-corrected chi connectivity index (χ2v) is 4.96. The lowest BCUT2D eigenvalue weighted by Gasteiger charge is -2.22. The van der Waals surface area contributed by atoms with Crippen molar-refractivity contribution in [1.29, 1.82) is 0 Å². The normalized spacial score (nSPS) is 16.3. The second kappa shape index (κ2) is 8.91. The molecular weight excluding hydrogens is 244 g/mol. The van der Waals surface area contributed by atoms with Gasteiger partial charge in [0.2, 0.25) is 11.8 Å². The summed E-state index contributed by atoms with van der Waals surface area (Å²) in [7, 11) is 1.60. The van der Waals surface area contributed by atoms with Gasteiger partial charge in [0.05, 0.1) is 13.0 Å². The van der Waals surface area contributed by atoms with Crippen molar-refractivity contribution >= 4 is 11.8 Å². The van der Waals surface area contributed by atoms with Crippen LogP contribution in [0.4, 0.5) is 0 Å². The van der Waals surface area contributed by atoms with Crippen molar-refractivity contribution < 1.29 is 14.3 Å². The van der Waals surface area contributed by atoms with Crippen LogP contribution in [-0.2, 0) is 14.3 Å². The average Bonchev–Trinajstić information content (AvgIpc) is 2.68. The average molecular weight is 270 g/mol. The van der Waals surface area contributed by atoms with Gasteiger partial charge in [-0.05, 0) is 12.8 Å². The molecule has 0 N–H and O–H groups in total. The van der Waals surface area contributed by atoms with Crippen LogP contribution in [0.1, 0.15) is 39.0 Å². The molecule has 0 bridgehead atoms. The van der Waals surface area contributed by atoms with E-state index in [4.69, 9.17) is 4.74 Å². The molecule has 0 radical (unpaired) electrons. The van der Waals surface area contributed by atoms with Crippen LogP contribution in [0.25, 0.3) is 0 Å². The van der Waals surface area contributed by atoms with Gasteiger partial charge >= 0.3 is 0 Å². The zero-order valence-electron chi connectivity index (χ0n) is 12.2. The number of hydrogen-bond acceptors (Lipinski definition) is 3. The molecule has 2 amide bonds. The highest BCUT2D eigenvalue weighted by Crippen LogP contribution is 2.08. The molecule has 0 aliphatic carbocycles. The van der Waals surface area contributed by atoms with Gasteiger partial charge in [-0.15, -0.1) is 0 Å². The van der Waals surface area contributed by atoms with E-state index in [2.05, 4.69) is 6.92 Å². The standard InChI is InChI=1S/C14H26N2O3/c1-3-4-6-13(17)15-8-5-9-16(11-10-15)14(18)7-12-19-2/h3-12H2,1-2H3. The Kier molecular flexibility index (Phi) is 7.48. The molecular formula is C14H26N2O3. The van der Waals surface area contributed by atoms with E-state index < -0.39 is 0 Å². The molecule has 0 unspecified atom stereocenters. The highest BCUT2D eigenvalue weighted by molar-refractivity contribution is 5.77. The van der Waals surface area contributed by atoms with Crippen LogP contribution in [0, 0.1) is 0 Å². The van der Waals surface area contributed by atoms with Gasteiger partial charge in [0.15, 0.2) is 0 Å². The van der Waals surface area contributed by atoms with Gasteiger partial charge in [0.1, 0.15) is 0 Å². The summed E-state index contributed by atoms with van der Waals surface area (Å²) in [6.45, 7) is 5.40. The Morgan fingerprint density at radius 2 is 1.58 bits per heavy atom. The Labute approximate surface area is 115 Å². The molecule has 0 aromatic carbocycles. The molecule has 1 heterocycles. The van der Waals surface area contributed by atoms with Gasteiger partial charge in [-0.2, -0.15) is 0 Å². The molecule has 1 aliphatic heterocycles. The van der Waals surface area contributed by atoms with Crippen LogP contribution in [0.5, 0.6) is 0 Å². The van der Waals surface area contributed by atoms with Gasteiger partial charge in [-0.3, -0.25) is 9.59 Å². The maximum absolute atomic E-state index is 12.0. The van der Waals surface area contributed by atoms with Crippen LogP contribution >= 0.6 is 0 Å². The Balaban J connectivity index is 2.38. The third-order valence-corrected chi connectivity index (χ3v) is 3.47. The van der Waals surface area contributed by atoms with Crippen molar-refractivity contribution in [2.45, 2.75) is 39.0 Å². The molecule has 0 atom stereocenters. The molecule has 0 spiro atoms. The summed E-state index contributed by atoms with van der Waals surface area (Å²) >= 11 is 0. The number of amides is 2. The molecule has 19 heavy (non-hydrogen) atoms. The van der Waals surface area contributed by atoms with Crippen molar-refractivity contribution in [1.82, 2.24) is 9.80 Å². The first-order valence-electron chi connectivity index (χ1n) is 7.23. The molecule has 5 nitrogen and oxygen atoms in total. The first kappa shape index (κ1) is 16.0. The summed E-state index contributed by atoms with van der Waals surface area (Å²) in [5.41, 5.74) is 0. The molecule has 1 aliphatic rings. The smallest absolute Gasteiger partial charge is 0.224 e. The Bertz CT molecular complexity index is 266. The zero-order chi connectivity index (χ0) is 14.1. The number of ether oxygens (including phenoxy) is 1. The fraction of sp³-hybridized carbons (Fsp3) is 0.857. The van der Waals surface area contributed by atoms with Gasteiger partial charge in [-0.25, -0.2) is 0 Å². The number of carbonyl (C=O) groups excluding carboxylic acids is 2. The predicted molar refractivity (Wildman–Crippen MR) is 73.8 cm³/mol. The number of hydrogen-bond donors (Lipinski definition) is 0. The minimum atomic E-state index is 0.129. The Morgan fingerprint density at radius 3 is 2.11 bits per heavy atom. The van der Waals surface area contributed by atoms with Crippen molar-refractivity contribution in [3.63, 3.8) is 0 Å². The van der Waals surface area contributed by atoms with Gasteiger partial charge in [0.25, 0.3) is 0 Å². The maximum Gasteiger partial charge on any atom is 0.224 e. The van der Waals surface area contributed by atoms with Gasteiger partial charge in [-0.1, -0.05) is 13.3 Å². The summed E-state index contributed by atoms with van der Waals surface area (Å²) in [5.74, 6) is 0.359. The third-order valence-electron chi connectivity index (χ3n) is 3.47. The molecule has 5 heteroatoms. The number of nitrogens with zero attached hydrogens (tertiary/aromatic N) is 2. The van der Waals surface area contributed by atoms with Crippen LogP contribution < -0.4 is 0 Å². The van der Waals surface area contributed by atoms with E-state index in [0.29, 0.717) is 32.5 Å². The van der Waals surface area contributed by atoms with Crippen LogP contribution in [0.15, 0.2) is 0 Å². The minimum absolute atomic E-state index is 0.129. The Hall–Kier alpha value is -1.10. The van der Waals surface area contributed by atoms with E-state index in [9.17, 15) is 9.59 Å². The van der Waals surface area contributed by atoms with Crippen molar-refractivity contribution in [3.8, 4) is 0 Å². The van der Waals surface area contributed by atoms with Crippen LogP contribution in [-0.4, -0.2) is 61.5 Å². The first-order valence-corrected chi connectivity index (χ1v) is 7.23. The minimum Gasteiger partial charge on any atom is -0.384 e. The topological polar surface area (TPSA) is 49.9 Å². The molecule has 1 fully saturated rings. The summed E-state index contributed by atoms with van der Waals surface area (Å²) in [6.07, 6.45) is 3.93. The number of rotatable bonds is 6. The van der Waals surface area contributed by atoms with E-state index in [0.717, 1.165) is 32.4 Å². The number of carbonyl (C=O) groups is 2. The van der Waals surface area contributed by atoms with Crippen molar-refractivity contribution in [3.05, 3.63) is 0 Å². The maximum atomic E-state index is 12.0. The molecule has 0 aromatic heterocycles. The number of unbranched alkanes of at least 4 members (excludes halogenated alkanes) is 1. The predicted octanol–water partition coefficient (Wildman–Crippen LogP) is 1.27. The van der Waals surface area contributed by atoms with Gasteiger partial charge in [0, 0.05) is 39.7 Å². The fourth-order valence-corrected chi connectivity index (χ4v) is 2.25. The van der Waals surface area contributed by atoms with E-state index in [1.807, 2.05) is 9.80 Å². The monoisotopic (exact) mass is 270 g/mol. The van der Waals surface area contributed by atoms with Crippen LogP contribution in [0.3, 0.4) is 0 Å². The number of methoxy groups -OCH3 is 1. The fourth-order valence-electron chi connectivity index (χ4n) is 2.25. The highest BCUT2D eigenvalue weighted by atomic mass is 16.5. The summed E-state index contributed by atoms with van der Waals surface area (Å²) in [4.78, 5) is 27.6. The van der Waals surface area contributed by atoms with E-state index >= 15 is 0 Å². The van der Waals surface area contributed by atoms with Gasteiger partial charge < -0.3 is 14.5 Å². The van der Waals surface area contributed by atoms with E-state index in [1.54, 1.807) is 7.11 Å². The Morgan fingerprint density at radius 1 is 1.00 bits per heavy atom. The lowest BCUT2D eigenvalue weighted by molar-refractivity contribution is -0.134. The second-order valence-electron chi connectivity index (χ2n) is 4.96. The summed E-state index contributed by atoms with van der Waals surface area (Å²) < 4.78 is 4.93. The quantitative estimate of drug-likeness (QED) is 0.730. The molecule has 1 rings (SSSR count). The molecule has 110 valence electrons. The van der Waals surface area contributed by atoms with Crippen LogP contribution in [0.2, 0.25) is 0 Å². The molecule has 0 saturated carbocycles. The SMILES string of the molecule is CCCCC(=O)N1CCCN(C(=O)CCOC)CC1. The zero-order valence-corrected chi connectivity index (χ0v) is 12.2. The van der Waals surface area contributed by atoms with E-state index in [1.165, 1.54) is 0 Å². The lowest BCUT2D eigenvalue weighted by Crippen LogP contribution is -2.37. The summed E-state index contributed by atoms with van der Waals surface area (Å²) in [6, 6.07) is 0.